The molecule has 1 fully saturated rings. The van der Waals surface area contributed by atoms with Gasteiger partial charge in [0.15, 0.2) is 0 Å². The molecule has 2 rings (SSSR count). The predicted octanol–water partition coefficient (Wildman–Crippen LogP) is 2.35. The van der Waals surface area contributed by atoms with Gasteiger partial charge in [0.2, 0.25) is 0 Å². The van der Waals surface area contributed by atoms with Crippen LogP contribution in [0, 0.1) is 24.1 Å². The van der Waals surface area contributed by atoms with E-state index in [-0.39, 0.29) is 17.6 Å². The number of hydrogen-bond donors (Lipinski definition) is 1. The molecule has 0 saturated carbocycles. The zero-order valence-electron chi connectivity index (χ0n) is 10.8. The Morgan fingerprint density at radius 1 is 1.44 bits per heavy atom. The highest BCUT2D eigenvalue weighted by molar-refractivity contribution is 5.59. The maximum atomic E-state index is 14.0. The summed E-state index contributed by atoms with van der Waals surface area (Å²) in [7, 11) is 0. The maximum Gasteiger partial charge on any atom is 0.145 e. The normalized spacial score (nSPS) is 27.3. The van der Waals surface area contributed by atoms with Gasteiger partial charge in [0.25, 0.3) is 0 Å². The quantitative estimate of drug-likeness (QED) is 0.830. The van der Waals surface area contributed by atoms with Crippen LogP contribution in [0.25, 0.3) is 0 Å². The minimum absolute atomic E-state index is 0.0361. The van der Waals surface area contributed by atoms with E-state index in [2.05, 4.69) is 0 Å². The molecule has 4 heteroatoms. The van der Waals surface area contributed by atoms with Crippen molar-refractivity contribution in [1.29, 1.82) is 5.26 Å². The Labute approximate surface area is 106 Å². The Balaban J connectivity index is 2.47. The summed E-state index contributed by atoms with van der Waals surface area (Å²) < 4.78 is 14.0. The SMILES string of the molecule is Cc1c(N2C(C)CC(O)C2C)ccc(C#N)c1F. The lowest BCUT2D eigenvalue weighted by atomic mass is 10.1. The summed E-state index contributed by atoms with van der Waals surface area (Å²) in [6.45, 7) is 5.63. The fourth-order valence-electron chi connectivity index (χ4n) is 2.74. The lowest BCUT2D eigenvalue weighted by Crippen LogP contribution is -2.36. The van der Waals surface area contributed by atoms with Crippen LogP contribution in [0.5, 0.6) is 0 Å². The summed E-state index contributed by atoms with van der Waals surface area (Å²) in [5.41, 5.74) is 1.31. The summed E-state index contributed by atoms with van der Waals surface area (Å²) in [4.78, 5) is 2.03. The number of nitriles is 1. The van der Waals surface area contributed by atoms with Gasteiger partial charge in [-0.3, -0.25) is 0 Å². The number of rotatable bonds is 1. The standard InChI is InChI=1S/C14H17FN2O/c1-8-6-13(18)10(3)17(8)12-5-4-11(7-16)14(15)9(12)2/h4-5,8,10,13,18H,6H2,1-3H3. The molecule has 96 valence electrons. The first-order valence-corrected chi connectivity index (χ1v) is 6.13. The number of aliphatic hydroxyl groups is 1. The topological polar surface area (TPSA) is 47.3 Å². The van der Waals surface area contributed by atoms with E-state index in [9.17, 15) is 9.50 Å². The monoisotopic (exact) mass is 248 g/mol. The van der Waals surface area contributed by atoms with Gasteiger partial charge in [0, 0.05) is 17.3 Å². The van der Waals surface area contributed by atoms with Crippen molar-refractivity contribution in [2.45, 2.75) is 45.4 Å². The van der Waals surface area contributed by atoms with Crippen molar-refractivity contribution >= 4 is 5.69 Å². The molecule has 1 aromatic carbocycles. The zero-order valence-corrected chi connectivity index (χ0v) is 10.8. The van der Waals surface area contributed by atoms with Gasteiger partial charge >= 0.3 is 0 Å². The van der Waals surface area contributed by atoms with Gasteiger partial charge in [-0.2, -0.15) is 5.26 Å². The Kier molecular flexibility index (Phi) is 3.27. The first-order valence-electron chi connectivity index (χ1n) is 6.13. The third-order valence-corrected chi connectivity index (χ3v) is 3.81. The number of nitrogens with zero attached hydrogens (tertiary/aromatic N) is 2. The first-order chi connectivity index (χ1) is 8.47. The zero-order chi connectivity index (χ0) is 13.4. The first kappa shape index (κ1) is 12.8. The predicted molar refractivity (Wildman–Crippen MR) is 67.9 cm³/mol. The molecule has 0 spiro atoms. The third-order valence-electron chi connectivity index (χ3n) is 3.81. The van der Waals surface area contributed by atoms with Crippen LogP contribution < -0.4 is 4.90 Å². The molecule has 3 nitrogen and oxygen atoms in total. The molecule has 1 N–H and O–H groups in total. The summed E-state index contributed by atoms with van der Waals surface area (Å²) in [6.07, 6.45) is 0.292. The van der Waals surface area contributed by atoms with Crippen LogP contribution in [0.2, 0.25) is 0 Å². The molecule has 3 atom stereocenters. The smallest absolute Gasteiger partial charge is 0.145 e. The van der Waals surface area contributed by atoms with E-state index in [0.29, 0.717) is 12.0 Å². The molecule has 0 bridgehead atoms. The van der Waals surface area contributed by atoms with Gasteiger partial charge in [-0.15, -0.1) is 0 Å². The van der Waals surface area contributed by atoms with Crippen molar-refractivity contribution in [2.24, 2.45) is 0 Å². The van der Waals surface area contributed by atoms with Crippen LogP contribution in [-0.4, -0.2) is 23.3 Å². The van der Waals surface area contributed by atoms with Crippen molar-refractivity contribution in [1.82, 2.24) is 0 Å². The molecule has 3 unspecified atom stereocenters. The van der Waals surface area contributed by atoms with Gasteiger partial charge in [-0.05, 0) is 39.3 Å². The Hall–Kier alpha value is -1.60. The Morgan fingerprint density at radius 3 is 2.61 bits per heavy atom. The van der Waals surface area contributed by atoms with Gasteiger partial charge in [-0.1, -0.05) is 0 Å². The minimum atomic E-state index is -0.462. The second kappa shape index (κ2) is 4.58. The molecule has 0 radical (unpaired) electrons. The Bertz CT molecular complexity index is 509. The van der Waals surface area contributed by atoms with Crippen LogP contribution in [0.15, 0.2) is 12.1 Å². The van der Waals surface area contributed by atoms with Gasteiger partial charge in [0.05, 0.1) is 17.7 Å². The van der Waals surface area contributed by atoms with E-state index in [0.717, 1.165) is 5.69 Å². The average Bonchev–Trinajstić information content (AvgIpc) is 2.58. The second-order valence-electron chi connectivity index (χ2n) is 4.98. The highest BCUT2D eigenvalue weighted by atomic mass is 19.1. The number of anilines is 1. The van der Waals surface area contributed by atoms with Crippen molar-refractivity contribution < 1.29 is 9.50 Å². The molecule has 0 amide bonds. The fourth-order valence-corrected chi connectivity index (χ4v) is 2.74. The number of aliphatic hydroxyl groups excluding tert-OH is 1. The lowest BCUT2D eigenvalue weighted by molar-refractivity contribution is 0.168. The maximum absolute atomic E-state index is 14.0. The van der Waals surface area contributed by atoms with E-state index in [4.69, 9.17) is 5.26 Å². The molecule has 1 saturated heterocycles. The number of benzene rings is 1. The van der Waals surface area contributed by atoms with Crippen LogP contribution >= 0.6 is 0 Å². The van der Waals surface area contributed by atoms with Gasteiger partial charge in [-0.25, -0.2) is 4.39 Å². The molecule has 18 heavy (non-hydrogen) atoms. The molecule has 1 aliphatic heterocycles. The third kappa shape index (κ3) is 1.85. The van der Waals surface area contributed by atoms with Crippen molar-refractivity contribution in [3.05, 3.63) is 29.1 Å². The summed E-state index contributed by atoms with van der Waals surface area (Å²) in [5.74, 6) is -0.462. The van der Waals surface area contributed by atoms with Crippen LogP contribution in [0.3, 0.4) is 0 Å². The molecular formula is C14H17FN2O. The van der Waals surface area contributed by atoms with E-state index in [1.54, 1.807) is 13.0 Å². The van der Waals surface area contributed by atoms with E-state index in [1.807, 2.05) is 24.8 Å². The lowest BCUT2D eigenvalue weighted by Gasteiger charge is -2.30. The van der Waals surface area contributed by atoms with Crippen molar-refractivity contribution in [3.8, 4) is 6.07 Å². The van der Waals surface area contributed by atoms with Crippen LogP contribution in [0.4, 0.5) is 10.1 Å². The molecule has 1 aliphatic rings. The summed E-state index contributed by atoms with van der Waals surface area (Å²) >= 11 is 0. The molecule has 1 heterocycles. The van der Waals surface area contributed by atoms with Crippen LogP contribution in [-0.2, 0) is 0 Å². The number of hydrogen-bond acceptors (Lipinski definition) is 3. The average molecular weight is 248 g/mol. The van der Waals surface area contributed by atoms with Crippen molar-refractivity contribution in [2.75, 3.05) is 4.90 Å². The number of halogens is 1. The molecular weight excluding hydrogens is 231 g/mol. The van der Waals surface area contributed by atoms with E-state index >= 15 is 0 Å². The minimum Gasteiger partial charge on any atom is -0.391 e. The fraction of sp³-hybridized carbons (Fsp3) is 0.500. The van der Waals surface area contributed by atoms with E-state index < -0.39 is 11.9 Å². The largest absolute Gasteiger partial charge is 0.391 e. The highest BCUT2D eigenvalue weighted by Crippen LogP contribution is 2.34. The second-order valence-corrected chi connectivity index (χ2v) is 4.98. The van der Waals surface area contributed by atoms with Crippen LogP contribution in [0.1, 0.15) is 31.4 Å². The summed E-state index contributed by atoms with van der Waals surface area (Å²) in [6, 6.07) is 5.24. The van der Waals surface area contributed by atoms with Gasteiger partial charge < -0.3 is 10.0 Å². The molecule has 0 aromatic heterocycles. The highest BCUT2D eigenvalue weighted by Gasteiger charge is 2.36. The molecule has 0 aliphatic carbocycles. The van der Waals surface area contributed by atoms with Gasteiger partial charge in [0.1, 0.15) is 11.9 Å². The molecule has 1 aromatic rings. The van der Waals surface area contributed by atoms with E-state index in [1.165, 1.54) is 6.07 Å². The van der Waals surface area contributed by atoms with Crippen molar-refractivity contribution in [3.63, 3.8) is 0 Å². The Morgan fingerprint density at radius 2 is 2.11 bits per heavy atom. The summed E-state index contributed by atoms with van der Waals surface area (Å²) in [5, 5.41) is 18.7.